The summed E-state index contributed by atoms with van der Waals surface area (Å²) in [6.07, 6.45) is 0. The molecule has 4 N–H and O–H groups in total. The number of anilines is 2. The summed E-state index contributed by atoms with van der Waals surface area (Å²) in [4.78, 5) is 23.5. The zero-order chi connectivity index (χ0) is 15.6. The molecule has 0 aliphatic carbocycles. The van der Waals surface area contributed by atoms with Crippen molar-refractivity contribution in [3.8, 4) is 0 Å². The minimum absolute atomic E-state index is 0.00208. The Kier molecular flexibility index (Phi) is 4.64. The standard InChI is InChI=1S/C14H10Br2N2O3/c15-7-1-4-12(10(5-7)14(20)21)18-13(19)9-6-8(17)2-3-11(9)16/h1-6H,17H2,(H,18,19)(H,20,21). The van der Waals surface area contributed by atoms with Gasteiger partial charge in [-0.3, -0.25) is 4.79 Å². The summed E-state index contributed by atoms with van der Waals surface area (Å²) < 4.78 is 1.19. The van der Waals surface area contributed by atoms with E-state index in [-0.39, 0.29) is 11.3 Å². The highest BCUT2D eigenvalue weighted by molar-refractivity contribution is 9.10. The third-order valence-corrected chi connectivity index (χ3v) is 3.88. The molecule has 1 amide bonds. The molecular weight excluding hydrogens is 404 g/mol. The van der Waals surface area contributed by atoms with Gasteiger partial charge in [0.1, 0.15) is 0 Å². The van der Waals surface area contributed by atoms with Crippen molar-refractivity contribution in [2.75, 3.05) is 11.1 Å². The summed E-state index contributed by atoms with van der Waals surface area (Å²) in [7, 11) is 0. The molecule has 0 heterocycles. The molecule has 0 aromatic heterocycles. The number of aromatic carboxylic acids is 1. The van der Waals surface area contributed by atoms with Crippen molar-refractivity contribution < 1.29 is 14.7 Å². The Labute approximate surface area is 137 Å². The molecule has 0 saturated carbocycles. The van der Waals surface area contributed by atoms with E-state index in [9.17, 15) is 14.7 Å². The molecule has 0 unspecified atom stereocenters. The smallest absolute Gasteiger partial charge is 0.337 e. The minimum atomic E-state index is -1.13. The second kappa shape index (κ2) is 6.28. The molecule has 2 aromatic rings. The first-order chi connectivity index (χ1) is 9.88. The molecule has 0 bridgehead atoms. The van der Waals surface area contributed by atoms with E-state index >= 15 is 0 Å². The van der Waals surface area contributed by atoms with Crippen LogP contribution in [0.5, 0.6) is 0 Å². The van der Waals surface area contributed by atoms with Gasteiger partial charge in [-0.05, 0) is 52.3 Å². The number of nitrogens with one attached hydrogen (secondary N) is 1. The van der Waals surface area contributed by atoms with Crippen molar-refractivity contribution in [1.29, 1.82) is 0 Å². The van der Waals surface area contributed by atoms with Gasteiger partial charge in [-0.25, -0.2) is 4.79 Å². The van der Waals surface area contributed by atoms with Gasteiger partial charge in [0.05, 0.1) is 16.8 Å². The lowest BCUT2D eigenvalue weighted by molar-refractivity contribution is 0.0698. The SMILES string of the molecule is Nc1ccc(Br)c(C(=O)Nc2ccc(Br)cc2C(=O)O)c1. The fourth-order valence-corrected chi connectivity index (χ4v) is 2.50. The van der Waals surface area contributed by atoms with Crippen LogP contribution in [0, 0.1) is 0 Å². The Bertz CT molecular complexity index is 732. The first kappa shape index (κ1) is 15.5. The topological polar surface area (TPSA) is 92.4 Å². The van der Waals surface area contributed by atoms with Crippen molar-refractivity contribution in [2.24, 2.45) is 0 Å². The van der Waals surface area contributed by atoms with Crippen LogP contribution in [-0.4, -0.2) is 17.0 Å². The average Bonchev–Trinajstić information content (AvgIpc) is 2.43. The summed E-state index contributed by atoms with van der Waals surface area (Å²) in [5.41, 5.74) is 6.64. The third kappa shape index (κ3) is 3.62. The second-order valence-electron chi connectivity index (χ2n) is 4.19. The van der Waals surface area contributed by atoms with Crippen LogP contribution in [0.25, 0.3) is 0 Å². The Morgan fingerprint density at radius 3 is 2.43 bits per heavy atom. The van der Waals surface area contributed by atoms with Gasteiger partial charge in [-0.15, -0.1) is 0 Å². The largest absolute Gasteiger partial charge is 0.478 e. The first-order valence-electron chi connectivity index (χ1n) is 5.77. The van der Waals surface area contributed by atoms with Crippen LogP contribution in [0.1, 0.15) is 20.7 Å². The molecule has 0 radical (unpaired) electrons. The fourth-order valence-electron chi connectivity index (χ4n) is 1.71. The molecule has 2 aromatic carbocycles. The number of nitrogens with two attached hydrogens (primary N) is 1. The van der Waals surface area contributed by atoms with Crippen LogP contribution in [0.2, 0.25) is 0 Å². The van der Waals surface area contributed by atoms with E-state index in [1.165, 1.54) is 18.2 Å². The van der Waals surface area contributed by atoms with Gasteiger partial charge in [0.15, 0.2) is 0 Å². The number of hydrogen-bond acceptors (Lipinski definition) is 3. The van der Waals surface area contributed by atoms with E-state index in [0.29, 0.717) is 20.2 Å². The van der Waals surface area contributed by atoms with Gasteiger partial charge >= 0.3 is 5.97 Å². The summed E-state index contributed by atoms with van der Waals surface area (Å²) in [6, 6.07) is 9.42. The number of hydrogen-bond donors (Lipinski definition) is 3. The van der Waals surface area contributed by atoms with Crippen molar-refractivity contribution in [2.45, 2.75) is 0 Å². The maximum absolute atomic E-state index is 12.2. The number of carboxylic acid groups (broad SMARTS) is 1. The maximum Gasteiger partial charge on any atom is 0.337 e. The second-order valence-corrected chi connectivity index (χ2v) is 5.96. The highest BCUT2D eigenvalue weighted by Crippen LogP contribution is 2.24. The minimum Gasteiger partial charge on any atom is -0.478 e. The maximum atomic E-state index is 12.2. The van der Waals surface area contributed by atoms with Crippen LogP contribution in [0.4, 0.5) is 11.4 Å². The molecule has 0 spiro atoms. The highest BCUT2D eigenvalue weighted by atomic mass is 79.9. The molecule has 7 heteroatoms. The van der Waals surface area contributed by atoms with E-state index in [1.807, 2.05) is 0 Å². The summed E-state index contributed by atoms with van der Waals surface area (Å²) in [6.45, 7) is 0. The van der Waals surface area contributed by atoms with Crippen LogP contribution >= 0.6 is 31.9 Å². The number of halogens is 2. The summed E-state index contributed by atoms with van der Waals surface area (Å²) >= 11 is 6.46. The zero-order valence-electron chi connectivity index (χ0n) is 10.6. The van der Waals surface area contributed by atoms with Crippen molar-refractivity contribution >= 4 is 55.1 Å². The molecule has 108 valence electrons. The van der Waals surface area contributed by atoms with E-state index in [1.54, 1.807) is 18.2 Å². The number of rotatable bonds is 3. The normalized spacial score (nSPS) is 10.2. The average molecular weight is 414 g/mol. The third-order valence-electron chi connectivity index (χ3n) is 2.70. The molecular formula is C14H10Br2N2O3. The number of carbonyl (C=O) groups excluding carboxylic acids is 1. The first-order valence-corrected chi connectivity index (χ1v) is 7.36. The Hall–Kier alpha value is -1.86. The summed E-state index contributed by atoms with van der Waals surface area (Å²) in [5, 5.41) is 11.7. The molecule has 0 atom stereocenters. The molecule has 0 aliphatic rings. The molecule has 21 heavy (non-hydrogen) atoms. The lowest BCUT2D eigenvalue weighted by Crippen LogP contribution is -2.15. The van der Waals surface area contributed by atoms with E-state index in [0.717, 1.165) is 0 Å². The van der Waals surface area contributed by atoms with Gasteiger partial charge in [0.25, 0.3) is 5.91 Å². The van der Waals surface area contributed by atoms with Gasteiger partial charge < -0.3 is 16.2 Å². The molecule has 0 fully saturated rings. The number of nitrogen functional groups attached to an aromatic ring is 1. The lowest BCUT2D eigenvalue weighted by Gasteiger charge is -2.10. The fraction of sp³-hybridized carbons (Fsp3) is 0. The number of carbonyl (C=O) groups is 2. The predicted molar refractivity (Wildman–Crippen MR) is 87.6 cm³/mol. The zero-order valence-corrected chi connectivity index (χ0v) is 13.7. The van der Waals surface area contributed by atoms with Gasteiger partial charge in [0.2, 0.25) is 0 Å². The van der Waals surface area contributed by atoms with Crippen molar-refractivity contribution in [3.05, 3.63) is 56.5 Å². The number of benzene rings is 2. The van der Waals surface area contributed by atoms with Gasteiger partial charge in [-0.1, -0.05) is 15.9 Å². The Morgan fingerprint density at radius 1 is 1.05 bits per heavy atom. The van der Waals surface area contributed by atoms with Crippen molar-refractivity contribution in [3.63, 3.8) is 0 Å². The predicted octanol–water partition coefficient (Wildman–Crippen LogP) is 3.74. The van der Waals surface area contributed by atoms with E-state index < -0.39 is 11.9 Å². The number of carboxylic acids is 1. The molecule has 0 aliphatic heterocycles. The molecule has 0 saturated heterocycles. The van der Waals surface area contributed by atoms with Crippen LogP contribution in [0.15, 0.2) is 45.3 Å². The Morgan fingerprint density at radius 2 is 1.76 bits per heavy atom. The van der Waals surface area contributed by atoms with Crippen molar-refractivity contribution in [1.82, 2.24) is 0 Å². The van der Waals surface area contributed by atoms with Crippen LogP contribution in [-0.2, 0) is 0 Å². The highest BCUT2D eigenvalue weighted by Gasteiger charge is 2.16. The lowest BCUT2D eigenvalue weighted by atomic mass is 10.1. The van der Waals surface area contributed by atoms with Crippen LogP contribution < -0.4 is 11.1 Å². The number of amides is 1. The van der Waals surface area contributed by atoms with Gasteiger partial charge in [-0.2, -0.15) is 0 Å². The summed E-state index contributed by atoms with van der Waals surface area (Å²) in [5.74, 6) is -1.57. The monoisotopic (exact) mass is 412 g/mol. The quantitative estimate of drug-likeness (QED) is 0.668. The van der Waals surface area contributed by atoms with E-state index in [4.69, 9.17) is 5.73 Å². The van der Waals surface area contributed by atoms with Crippen LogP contribution in [0.3, 0.4) is 0 Å². The molecule has 2 rings (SSSR count). The Balaban J connectivity index is 2.36. The van der Waals surface area contributed by atoms with Gasteiger partial charge in [0, 0.05) is 14.6 Å². The molecule has 5 nitrogen and oxygen atoms in total. The van der Waals surface area contributed by atoms with E-state index in [2.05, 4.69) is 37.2 Å².